The van der Waals surface area contributed by atoms with Crippen molar-refractivity contribution >= 4 is 15.7 Å². The summed E-state index contributed by atoms with van der Waals surface area (Å²) < 4.78 is 28.1. The van der Waals surface area contributed by atoms with Gasteiger partial charge in [0.2, 0.25) is 0 Å². The van der Waals surface area contributed by atoms with E-state index in [4.69, 9.17) is 0 Å². The number of rotatable bonds is 8. The van der Waals surface area contributed by atoms with E-state index in [1.54, 1.807) is 12.1 Å². The molecule has 0 spiro atoms. The van der Waals surface area contributed by atoms with Crippen LogP contribution in [0.4, 0.5) is 5.69 Å². The minimum Gasteiger partial charge on any atom is -0.316 e. The predicted molar refractivity (Wildman–Crippen MR) is 112 cm³/mol. The van der Waals surface area contributed by atoms with E-state index in [0.29, 0.717) is 22.4 Å². The van der Waals surface area contributed by atoms with Crippen LogP contribution in [0.2, 0.25) is 0 Å². The number of hydrogen-bond acceptors (Lipinski definition) is 3. The molecule has 0 bridgehead atoms. The van der Waals surface area contributed by atoms with Crippen LogP contribution in [0.25, 0.3) is 0 Å². The first-order chi connectivity index (χ1) is 12.9. The van der Waals surface area contributed by atoms with Gasteiger partial charge < -0.3 is 5.32 Å². The maximum Gasteiger partial charge on any atom is 0.261 e. The molecule has 2 aromatic rings. The Morgan fingerprint density at radius 2 is 1.85 bits per heavy atom. The molecule has 1 unspecified atom stereocenters. The molecule has 3 rings (SSSR count). The Morgan fingerprint density at radius 3 is 2.52 bits per heavy atom. The summed E-state index contributed by atoms with van der Waals surface area (Å²) in [5.41, 5.74) is 4.38. The molecule has 27 heavy (non-hydrogen) atoms. The van der Waals surface area contributed by atoms with E-state index in [-0.39, 0.29) is 0 Å². The van der Waals surface area contributed by atoms with Gasteiger partial charge in [-0.15, -0.1) is 0 Å². The molecule has 0 aliphatic heterocycles. The molecule has 2 N–H and O–H groups in total. The van der Waals surface area contributed by atoms with Gasteiger partial charge in [0.15, 0.2) is 0 Å². The average molecular weight is 387 g/mol. The van der Waals surface area contributed by atoms with E-state index in [1.807, 2.05) is 24.3 Å². The second-order valence-corrected chi connectivity index (χ2v) is 9.36. The molecule has 0 fully saturated rings. The van der Waals surface area contributed by atoms with Gasteiger partial charge in [0.1, 0.15) is 0 Å². The predicted octanol–water partition coefficient (Wildman–Crippen LogP) is 4.64. The first kappa shape index (κ1) is 19.9. The highest BCUT2D eigenvalue weighted by Gasteiger charge is 2.23. The number of fused-ring (bicyclic) bond motifs is 1. The number of hydrogen-bond donors (Lipinski definition) is 2. The zero-order valence-corrected chi connectivity index (χ0v) is 17.3. The Balaban J connectivity index is 1.72. The van der Waals surface area contributed by atoms with E-state index >= 15 is 0 Å². The quantitative estimate of drug-likeness (QED) is 0.650. The zero-order chi connectivity index (χ0) is 19.4. The normalized spacial score (nSPS) is 16.5. The molecule has 1 atom stereocenters. The fourth-order valence-electron chi connectivity index (χ4n) is 3.68. The van der Waals surface area contributed by atoms with Gasteiger partial charge in [-0.2, -0.15) is 0 Å². The smallest absolute Gasteiger partial charge is 0.261 e. The van der Waals surface area contributed by atoms with Crippen molar-refractivity contribution in [2.24, 2.45) is 0 Å². The van der Waals surface area contributed by atoms with Gasteiger partial charge in [0.05, 0.1) is 4.90 Å². The summed E-state index contributed by atoms with van der Waals surface area (Å²) in [6, 6.07) is 13.1. The Morgan fingerprint density at radius 1 is 1.11 bits per heavy atom. The van der Waals surface area contributed by atoms with Crippen LogP contribution in [-0.2, 0) is 16.4 Å². The first-order valence-corrected chi connectivity index (χ1v) is 11.4. The molecule has 4 nitrogen and oxygen atoms in total. The summed E-state index contributed by atoms with van der Waals surface area (Å²) in [6.45, 7) is 8.40. The molecule has 146 valence electrons. The second kappa shape index (κ2) is 8.44. The lowest BCUT2D eigenvalue weighted by atomic mass is 10.0. The fourth-order valence-corrected chi connectivity index (χ4v) is 4.73. The lowest BCUT2D eigenvalue weighted by molar-refractivity contribution is 0.576. The molecule has 0 saturated heterocycles. The highest BCUT2D eigenvalue weighted by Crippen LogP contribution is 2.34. The molecule has 1 aliphatic rings. The van der Waals surface area contributed by atoms with E-state index in [1.165, 1.54) is 11.1 Å². The van der Waals surface area contributed by atoms with Gasteiger partial charge in [0, 0.05) is 12.2 Å². The molecule has 5 heteroatoms. The first-order valence-electron chi connectivity index (χ1n) is 9.87. The minimum atomic E-state index is -3.57. The van der Waals surface area contributed by atoms with Crippen molar-refractivity contribution in [1.82, 2.24) is 5.32 Å². The summed E-state index contributed by atoms with van der Waals surface area (Å²) in [6.07, 6.45) is 3.27. The maximum atomic E-state index is 12.7. The molecular formula is C22H30N2O2S. The van der Waals surface area contributed by atoms with Crippen LogP contribution >= 0.6 is 0 Å². The minimum absolute atomic E-state index is 0.300. The van der Waals surface area contributed by atoms with E-state index in [0.717, 1.165) is 37.9 Å². The fraction of sp³-hybridized carbons (Fsp3) is 0.455. The molecule has 0 heterocycles. The molecule has 0 radical (unpaired) electrons. The van der Waals surface area contributed by atoms with Gasteiger partial charge in [-0.3, -0.25) is 4.72 Å². The Hall–Kier alpha value is -1.85. The Kier molecular flexibility index (Phi) is 6.22. The average Bonchev–Trinajstić information content (AvgIpc) is 3.04. The summed E-state index contributed by atoms with van der Waals surface area (Å²) in [5.74, 6) is 0.909. The highest BCUT2D eigenvalue weighted by molar-refractivity contribution is 7.92. The van der Waals surface area contributed by atoms with E-state index < -0.39 is 10.0 Å². The summed E-state index contributed by atoms with van der Waals surface area (Å²) in [7, 11) is -3.57. The number of aryl methyl sites for hydroxylation is 1. The van der Waals surface area contributed by atoms with Gasteiger partial charge >= 0.3 is 0 Å². The lowest BCUT2D eigenvalue weighted by Crippen LogP contribution is -2.21. The Labute approximate surface area is 163 Å². The summed E-state index contributed by atoms with van der Waals surface area (Å²) in [4.78, 5) is 0.300. The van der Waals surface area contributed by atoms with Gasteiger partial charge in [-0.1, -0.05) is 39.0 Å². The number of anilines is 1. The SMILES string of the molecule is CCCNCC1CCc2cc(NS(=O)(=O)c3ccc(C(C)C)cc3)ccc21. The van der Waals surface area contributed by atoms with Crippen molar-refractivity contribution in [3.05, 3.63) is 59.2 Å². The number of sulfonamides is 1. The van der Waals surface area contributed by atoms with E-state index in [9.17, 15) is 8.42 Å². The Bertz CT molecular complexity index is 874. The van der Waals surface area contributed by atoms with Crippen LogP contribution in [0.3, 0.4) is 0 Å². The third-order valence-corrected chi connectivity index (χ3v) is 6.67. The summed E-state index contributed by atoms with van der Waals surface area (Å²) in [5, 5.41) is 3.49. The monoisotopic (exact) mass is 386 g/mol. The van der Waals surface area contributed by atoms with Crippen molar-refractivity contribution in [3.63, 3.8) is 0 Å². The number of benzene rings is 2. The van der Waals surface area contributed by atoms with Crippen LogP contribution in [-0.4, -0.2) is 21.5 Å². The summed E-state index contributed by atoms with van der Waals surface area (Å²) >= 11 is 0. The van der Waals surface area contributed by atoms with E-state index in [2.05, 4.69) is 36.9 Å². The molecule has 1 aliphatic carbocycles. The van der Waals surface area contributed by atoms with Crippen molar-refractivity contribution in [2.45, 2.75) is 56.8 Å². The van der Waals surface area contributed by atoms with Crippen molar-refractivity contribution < 1.29 is 8.42 Å². The molecule has 2 aromatic carbocycles. The topological polar surface area (TPSA) is 58.2 Å². The standard InChI is InChI=1S/C22H30N2O2S/c1-4-13-23-15-19-6-5-18-14-20(9-12-22(18)19)24-27(25,26)21-10-7-17(8-11-21)16(2)3/h7-12,14,16,19,23-24H,4-6,13,15H2,1-3H3. The third kappa shape index (κ3) is 4.71. The second-order valence-electron chi connectivity index (χ2n) is 7.68. The third-order valence-electron chi connectivity index (χ3n) is 5.27. The van der Waals surface area contributed by atoms with Gasteiger partial charge in [0.25, 0.3) is 10.0 Å². The molecule has 0 aromatic heterocycles. The van der Waals surface area contributed by atoms with Gasteiger partial charge in [-0.05, 0) is 78.6 Å². The van der Waals surface area contributed by atoms with Gasteiger partial charge in [-0.25, -0.2) is 8.42 Å². The van der Waals surface area contributed by atoms with Crippen molar-refractivity contribution in [1.29, 1.82) is 0 Å². The zero-order valence-electron chi connectivity index (χ0n) is 16.5. The molecule has 0 saturated carbocycles. The van der Waals surface area contributed by atoms with Crippen molar-refractivity contribution in [3.8, 4) is 0 Å². The van der Waals surface area contributed by atoms with Crippen LogP contribution in [0.15, 0.2) is 47.4 Å². The molecule has 0 amide bonds. The number of nitrogens with one attached hydrogen (secondary N) is 2. The largest absolute Gasteiger partial charge is 0.316 e. The highest BCUT2D eigenvalue weighted by atomic mass is 32.2. The lowest BCUT2D eigenvalue weighted by Gasteiger charge is -2.14. The van der Waals surface area contributed by atoms with Crippen LogP contribution < -0.4 is 10.0 Å². The van der Waals surface area contributed by atoms with Crippen LogP contribution in [0.5, 0.6) is 0 Å². The maximum absolute atomic E-state index is 12.7. The molecular weight excluding hydrogens is 356 g/mol. The van der Waals surface area contributed by atoms with Crippen LogP contribution in [0, 0.1) is 0 Å². The van der Waals surface area contributed by atoms with Crippen LogP contribution in [0.1, 0.15) is 62.1 Å². The van der Waals surface area contributed by atoms with Crippen molar-refractivity contribution in [2.75, 3.05) is 17.8 Å².